The van der Waals surface area contributed by atoms with Crippen LogP contribution in [-0.2, 0) is 6.42 Å². The molecule has 0 saturated carbocycles. The van der Waals surface area contributed by atoms with E-state index >= 15 is 0 Å². The summed E-state index contributed by atoms with van der Waals surface area (Å²) in [6, 6.07) is 8.81. The first-order valence-electron chi connectivity index (χ1n) is 9.03. The van der Waals surface area contributed by atoms with E-state index in [1.165, 1.54) is 75.5 Å². The van der Waals surface area contributed by atoms with E-state index < -0.39 is 0 Å². The summed E-state index contributed by atoms with van der Waals surface area (Å²) in [5, 5.41) is 0. The van der Waals surface area contributed by atoms with Gasteiger partial charge in [-0.3, -0.25) is 0 Å². The zero-order valence-electron chi connectivity index (χ0n) is 15.1. The van der Waals surface area contributed by atoms with Gasteiger partial charge in [0.2, 0.25) is 0 Å². The largest absolute Gasteiger partial charge is 0.331 e. The van der Waals surface area contributed by atoms with Crippen LogP contribution in [0.2, 0.25) is 0 Å². The fraction of sp³-hybridized carbons (Fsp3) is 0.619. The minimum absolute atomic E-state index is 1.10. The maximum absolute atomic E-state index is 3.79. The molecule has 0 aliphatic heterocycles. The van der Waals surface area contributed by atoms with Gasteiger partial charge in [-0.1, -0.05) is 69.0 Å². The van der Waals surface area contributed by atoms with E-state index in [1.54, 1.807) is 0 Å². The van der Waals surface area contributed by atoms with Gasteiger partial charge in [-0.25, -0.2) is 0 Å². The Morgan fingerprint density at radius 2 is 1.27 bits per heavy atom. The van der Waals surface area contributed by atoms with Crippen molar-refractivity contribution in [3.05, 3.63) is 42.0 Å². The van der Waals surface area contributed by atoms with Gasteiger partial charge in [-0.2, -0.15) is 0 Å². The third-order valence-corrected chi connectivity index (χ3v) is 4.26. The van der Waals surface area contributed by atoms with Crippen LogP contribution >= 0.6 is 0 Å². The predicted octanol–water partition coefficient (Wildman–Crippen LogP) is 5.70. The van der Waals surface area contributed by atoms with Gasteiger partial charge < -0.3 is 4.48 Å². The number of quaternary nitrogens is 1. The SMILES string of the molecule is C=Cc1ccc(CCCCCCCCCC[N+](C)(C)C)cc1. The highest BCUT2D eigenvalue weighted by Crippen LogP contribution is 2.13. The monoisotopic (exact) mass is 302 g/mol. The molecular weight excluding hydrogens is 266 g/mol. The summed E-state index contributed by atoms with van der Waals surface area (Å²) in [5.74, 6) is 0. The maximum Gasteiger partial charge on any atom is 0.0780 e. The molecule has 1 heteroatoms. The van der Waals surface area contributed by atoms with Gasteiger partial charge in [0, 0.05) is 0 Å². The van der Waals surface area contributed by atoms with Crippen LogP contribution in [-0.4, -0.2) is 32.2 Å². The zero-order chi connectivity index (χ0) is 16.3. The van der Waals surface area contributed by atoms with Crippen molar-refractivity contribution in [1.82, 2.24) is 0 Å². The Bertz CT molecular complexity index is 397. The smallest absolute Gasteiger partial charge is 0.0780 e. The molecule has 0 heterocycles. The average Bonchev–Trinajstić information content (AvgIpc) is 2.48. The lowest BCUT2D eigenvalue weighted by Gasteiger charge is -2.23. The fourth-order valence-corrected chi connectivity index (χ4v) is 2.80. The molecule has 0 aliphatic carbocycles. The van der Waals surface area contributed by atoms with Crippen molar-refractivity contribution in [3.8, 4) is 0 Å². The van der Waals surface area contributed by atoms with Crippen LogP contribution in [0.5, 0.6) is 0 Å². The molecule has 0 fully saturated rings. The highest BCUT2D eigenvalue weighted by molar-refractivity contribution is 5.47. The number of unbranched alkanes of at least 4 members (excludes halogenated alkanes) is 7. The molecule has 0 amide bonds. The Morgan fingerprint density at radius 3 is 1.77 bits per heavy atom. The van der Waals surface area contributed by atoms with Crippen LogP contribution in [0.1, 0.15) is 62.5 Å². The quantitative estimate of drug-likeness (QED) is 0.343. The fourth-order valence-electron chi connectivity index (χ4n) is 2.80. The first kappa shape index (κ1) is 19.0. The molecule has 1 aromatic rings. The van der Waals surface area contributed by atoms with E-state index in [4.69, 9.17) is 0 Å². The molecular formula is C21H36N+. The van der Waals surface area contributed by atoms with E-state index in [2.05, 4.69) is 52.0 Å². The summed E-state index contributed by atoms with van der Waals surface area (Å²) in [6.07, 6.45) is 14.3. The molecule has 0 unspecified atom stereocenters. The Labute approximate surface area is 138 Å². The summed E-state index contributed by atoms with van der Waals surface area (Å²) < 4.78 is 1.10. The lowest BCUT2D eigenvalue weighted by molar-refractivity contribution is -0.870. The number of hydrogen-bond donors (Lipinski definition) is 0. The highest BCUT2D eigenvalue weighted by atomic mass is 15.3. The number of benzene rings is 1. The summed E-state index contributed by atoms with van der Waals surface area (Å²) in [4.78, 5) is 0. The number of nitrogens with zero attached hydrogens (tertiary/aromatic N) is 1. The Hall–Kier alpha value is -1.08. The third-order valence-electron chi connectivity index (χ3n) is 4.26. The van der Waals surface area contributed by atoms with Crippen LogP contribution in [0.15, 0.2) is 30.8 Å². The summed E-state index contributed by atoms with van der Waals surface area (Å²) in [5.41, 5.74) is 2.68. The molecule has 0 atom stereocenters. The van der Waals surface area contributed by atoms with Crippen molar-refractivity contribution in [2.45, 2.75) is 57.8 Å². The number of hydrogen-bond acceptors (Lipinski definition) is 0. The second kappa shape index (κ2) is 10.6. The molecule has 0 aromatic heterocycles. The second-order valence-corrected chi connectivity index (χ2v) is 7.54. The topological polar surface area (TPSA) is 0 Å². The van der Waals surface area contributed by atoms with E-state index in [9.17, 15) is 0 Å². The molecule has 0 aliphatic rings. The Kier molecular flexibility index (Phi) is 9.15. The van der Waals surface area contributed by atoms with Gasteiger partial charge in [0.15, 0.2) is 0 Å². The summed E-state index contributed by atoms with van der Waals surface area (Å²) >= 11 is 0. The molecule has 1 nitrogen and oxygen atoms in total. The molecule has 22 heavy (non-hydrogen) atoms. The third kappa shape index (κ3) is 9.78. The van der Waals surface area contributed by atoms with E-state index in [0.29, 0.717) is 0 Å². The normalized spacial score (nSPS) is 11.6. The molecule has 0 radical (unpaired) electrons. The van der Waals surface area contributed by atoms with Gasteiger partial charge in [-0.05, 0) is 36.8 Å². The van der Waals surface area contributed by atoms with Gasteiger partial charge in [0.1, 0.15) is 0 Å². The average molecular weight is 303 g/mol. The molecule has 0 bridgehead atoms. The lowest BCUT2D eigenvalue weighted by atomic mass is 10.0. The van der Waals surface area contributed by atoms with Gasteiger partial charge in [0.05, 0.1) is 27.7 Å². The van der Waals surface area contributed by atoms with Crippen molar-refractivity contribution in [2.24, 2.45) is 0 Å². The van der Waals surface area contributed by atoms with Crippen LogP contribution in [0.3, 0.4) is 0 Å². The molecule has 1 aromatic carbocycles. The van der Waals surface area contributed by atoms with Crippen molar-refractivity contribution in [1.29, 1.82) is 0 Å². The van der Waals surface area contributed by atoms with Crippen molar-refractivity contribution in [2.75, 3.05) is 27.7 Å². The second-order valence-electron chi connectivity index (χ2n) is 7.54. The first-order chi connectivity index (χ1) is 10.5. The lowest BCUT2D eigenvalue weighted by Crippen LogP contribution is -2.35. The summed E-state index contributed by atoms with van der Waals surface area (Å²) in [7, 11) is 6.85. The van der Waals surface area contributed by atoms with Gasteiger partial charge >= 0.3 is 0 Å². The molecule has 1 rings (SSSR count). The number of aryl methyl sites for hydroxylation is 1. The Morgan fingerprint density at radius 1 is 0.773 bits per heavy atom. The van der Waals surface area contributed by atoms with E-state index in [1.807, 2.05) is 6.08 Å². The molecule has 0 saturated heterocycles. The summed E-state index contributed by atoms with van der Waals surface area (Å²) in [6.45, 7) is 5.10. The van der Waals surface area contributed by atoms with Crippen molar-refractivity contribution >= 4 is 6.08 Å². The maximum atomic E-state index is 3.79. The minimum Gasteiger partial charge on any atom is -0.331 e. The predicted molar refractivity (Wildman–Crippen MR) is 100 cm³/mol. The van der Waals surface area contributed by atoms with Crippen LogP contribution in [0, 0.1) is 0 Å². The van der Waals surface area contributed by atoms with Gasteiger partial charge in [-0.15, -0.1) is 0 Å². The van der Waals surface area contributed by atoms with Gasteiger partial charge in [0.25, 0.3) is 0 Å². The van der Waals surface area contributed by atoms with Crippen LogP contribution in [0.4, 0.5) is 0 Å². The Balaban J connectivity index is 1.92. The molecule has 0 spiro atoms. The van der Waals surface area contributed by atoms with Crippen molar-refractivity contribution in [3.63, 3.8) is 0 Å². The minimum atomic E-state index is 1.10. The zero-order valence-corrected chi connectivity index (χ0v) is 15.1. The first-order valence-corrected chi connectivity index (χ1v) is 9.03. The van der Waals surface area contributed by atoms with Crippen LogP contribution < -0.4 is 0 Å². The number of rotatable bonds is 12. The van der Waals surface area contributed by atoms with Crippen molar-refractivity contribution < 1.29 is 4.48 Å². The van der Waals surface area contributed by atoms with E-state index in [-0.39, 0.29) is 0 Å². The molecule has 124 valence electrons. The van der Waals surface area contributed by atoms with Crippen LogP contribution in [0.25, 0.3) is 6.08 Å². The standard InChI is InChI=1S/C21H36N/c1-5-20-15-17-21(18-16-20)14-12-10-8-6-7-9-11-13-19-22(2,3)4/h5,15-18H,1,6-14,19H2,2-4H3/q+1. The van der Waals surface area contributed by atoms with E-state index in [0.717, 1.165) is 4.48 Å². The molecule has 0 N–H and O–H groups in total. The highest BCUT2D eigenvalue weighted by Gasteiger charge is 2.04.